The predicted octanol–water partition coefficient (Wildman–Crippen LogP) is 2.27. The molecule has 3 nitrogen and oxygen atoms in total. The fourth-order valence-electron chi connectivity index (χ4n) is 2.22. The van der Waals surface area contributed by atoms with E-state index in [0.717, 1.165) is 37.9 Å². The van der Waals surface area contributed by atoms with Crippen LogP contribution >= 0.6 is 0 Å². The number of piperidine rings is 1. The second-order valence-electron chi connectivity index (χ2n) is 4.28. The lowest BCUT2D eigenvalue weighted by atomic mass is 10.0. The molecule has 1 aromatic carbocycles. The van der Waals surface area contributed by atoms with Crippen LogP contribution in [0.15, 0.2) is 24.3 Å². The van der Waals surface area contributed by atoms with E-state index in [1.165, 1.54) is 0 Å². The maximum absolute atomic E-state index is 9.38. The first-order chi connectivity index (χ1) is 7.79. The zero-order valence-corrected chi connectivity index (χ0v) is 9.26. The molecule has 0 radical (unpaired) electrons. The lowest BCUT2D eigenvalue weighted by Gasteiger charge is -2.31. The Balaban J connectivity index is 2.05. The molecule has 1 aromatic rings. The molecule has 1 heterocycles. The van der Waals surface area contributed by atoms with E-state index in [1.807, 2.05) is 12.1 Å². The highest BCUT2D eigenvalue weighted by Gasteiger charge is 2.21. The molecule has 0 aromatic heterocycles. The minimum atomic E-state index is 0.0381. The van der Waals surface area contributed by atoms with E-state index < -0.39 is 0 Å². The molecule has 2 rings (SSSR count). The van der Waals surface area contributed by atoms with Crippen molar-refractivity contribution in [2.75, 3.05) is 6.54 Å². The van der Waals surface area contributed by atoms with Crippen molar-refractivity contribution in [3.8, 4) is 11.8 Å². The first-order valence-corrected chi connectivity index (χ1v) is 5.71. The third kappa shape index (κ3) is 2.53. The number of phenolic OH excluding ortho intramolecular Hbond substituents is 1. The summed E-state index contributed by atoms with van der Waals surface area (Å²) in [5.74, 6) is 0.294. The molecule has 0 aliphatic carbocycles. The Kier molecular flexibility index (Phi) is 3.43. The first-order valence-electron chi connectivity index (χ1n) is 5.71. The van der Waals surface area contributed by atoms with Crippen LogP contribution in [0, 0.1) is 11.3 Å². The number of nitriles is 1. The SMILES string of the molecule is N#CC1CCCCN1Cc1cccc(O)c1. The van der Waals surface area contributed by atoms with Crippen molar-refractivity contribution in [1.29, 1.82) is 5.26 Å². The fourth-order valence-corrected chi connectivity index (χ4v) is 2.22. The first kappa shape index (κ1) is 11.0. The lowest BCUT2D eigenvalue weighted by molar-refractivity contribution is 0.176. The molecule has 1 unspecified atom stereocenters. The van der Waals surface area contributed by atoms with E-state index in [4.69, 9.17) is 5.26 Å². The summed E-state index contributed by atoms with van der Waals surface area (Å²) in [4.78, 5) is 2.19. The van der Waals surface area contributed by atoms with Gasteiger partial charge in [0, 0.05) is 6.54 Å². The molecule has 1 aliphatic heterocycles. The van der Waals surface area contributed by atoms with Gasteiger partial charge in [-0.05, 0) is 43.5 Å². The van der Waals surface area contributed by atoms with E-state index in [-0.39, 0.29) is 6.04 Å². The van der Waals surface area contributed by atoms with Gasteiger partial charge in [-0.1, -0.05) is 12.1 Å². The van der Waals surface area contributed by atoms with Crippen LogP contribution in [-0.2, 0) is 6.54 Å². The van der Waals surface area contributed by atoms with Crippen molar-refractivity contribution in [3.05, 3.63) is 29.8 Å². The number of likely N-dealkylation sites (tertiary alicyclic amines) is 1. The summed E-state index contributed by atoms with van der Waals surface area (Å²) in [6, 6.07) is 9.66. The molecule has 0 spiro atoms. The van der Waals surface area contributed by atoms with Crippen LogP contribution < -0.4 is 0 Å². The van der Waals surface area contributed by atoms with Gasteiger partial charge in [-0.2, -0.15) is 5.26 Å². The summed E-state index contributed by atoms with van der Waals surface area (Å²) in [5, 5.41) is 18.4. The van der Waals surface area contributed by atoms with Crippen LogP contribution in [-0.4, -0.2) is 22.6 Å². The molecule has 3 heteroatoms. The van der Waals surface area contributed by atoms with Gasteiger partial charge in [-0.3, -0.25) is 4.90 Å². The molecule has 0 bridgehead atoms. The van der Waals surface area contributed by atoms with Gasteiger partial charge in [0.1, 0.15) is 5.75 Å². The molecular formula is C13H16N2O. The monoisotopic (exact) mass is 216 g/mol. The van der Waals surface area contributed by atoms with Crippen LogP contribution in [0.4, 0.5) is 0 Å². The van der Waals surface area contributed by atoms with E-state index in [0.29, 0.717) is 5.75 Å². The van der Waals surface area contributed by atoms with E-state index in [1.54, 1.807) is 12.1 Å². The topological polar surface area (TPSA) is 47.3 Å². The Morgan fingerprint density at radius 3 is 3.06 bits per heavy atom. The molecule has 1 N–H and O–H groups in total. The predicted molar refractivity (Wildman–Crippen MR) is 61.8 cm³/mol. The largest absolute Gasteiger partial charge is 0.508 e. The molecule has 1 fully saturated rings. The summed E-state index contributed by atoms with van der Waals surface area (Å²) >= 11 is 0. The Bertz CT molecular complexity index is 397. The second-order valence-corrected chi connectivity index (χ2v) is 4.28. The quantitative estimate of drug-likeness (QED) is 0.825. The van der Waals surface area contributed by atoms with Crippen LogP contribution in [0.1, 0.15) is 24.8 Å². The molecule has 16 heavy (non-hydrogen) atoms. The minimum Gasteiger partial charge on any atom is -0.508 e. The maximum Gasteiger partial charge on any atom is 0.115 e. The third-order valence-corrected chi connectivity index (χ3v) is 3.06. The number of hydrogen-bond acceptors (Lipinski definition) is 3. The van der Waals surface area contributed by atoms with Gasteiger partial charge in [-0.25, -0.2) is 0 Å². The van der Waals surface area contributed by atoms with Gasteiger partial charge in [0.25, 0.3) is 0 Å². The standard InChI is InChI=1S/C13H16N2O/c14-9-12-5-1-2-7-15(12)10-11-4-3-6-13(16)8-11/h3-4,6,8,12,16H,1-2,5,7,10H2. The molecule has 1 aliphatic rings. The maximum atomic E-state index is 9.38. The average molecular weight is 216 g/mol. The zero-order valence-electron chi connectivity index (χ0n) is 9.26. The third-order valence-electron chi connectivity index (χ3n) is 3.06. The molecule has 84 valence electrons. The van der Waals surface area contributed by atoms with Crippen LogP contribution in [0.2, 0.25) is 0 Å². The van der Waals surface area contributed by atoms with Crippen LogP contribution in [0.5, 0.6) is 5.75 Å². The smallest absolute Gasteiger partial charge is 0.115 e. The van der Waals surface area contributed by atoms with E-state index >= 15 is 0 Å². The average Bonchev–Trinajstić information content (AvgIpc) is 2.30. The van der Waals surface area contributed by atoms with Crippen molar-refractivity contribution < 1.29 is 5.11 Å². The van der Waals surface area contributed by atoms with Gasteiger partial charge < -0.3 is 5.11 Å². The Morgan fingerprint density at radius 2 is 2.31 bits per heavy atom. The summed E-state index contributed by atoms with van der Waals surface area (Å²) in [6.45, 7) is 1.74. The van der Waals surface area contributed by atoms with Gasteiger partial charge in [0.05, 0.1) is 12.1 Å². The summed E-state index contributed by atoms with van der Waals surface area (Å²) in [5.41, 5.74) is 1.07. The van der Waals surface area contributed by atoms with Crippen LogP contribution in [0.3, 0.4) is 0 Å². The highest BCUT2D eigenvalue weighted by Crippen LogP contribution is 2.20. The van der Waals surface area contributed by atoms with E-state index in [2.05, 4.69) is 11.0 Å². The van der Waals surface area contributed by atoms with Gasteiger partial charge >= 0.3 is 0 Å². The van der Waals surface area contributed by atoms with Crippen molar-refractivity contribution in [1.82, 2.24) is 4.90 Å². The van der Waals surface area contributed by atoms with Gasteiger partial charge in [0.2, 0.25) is 0 Å². The van der Waals surface area contributed by atoms with Crippen LogP contribution in [0.25, 0.3) is 0 Å². The minimum absolute atomic E-state index is 0.0381. The summed E-state index contributed by atoms with van der Waals surface area (Å²) in [6.07, 6.45) is 3.28. The molecule has 1 saturated heterocycles. The lowest BCUT2D eigenvalue weighted by Crippen LogP contribution is -2.37. The van der Waals surface area contributed by atoms with Crippen molar-refractivity contribution >= 4 is 0 Å². The van der Waals surface area contributed by atoms with Gasteiger partial charge in [0.15, 0.2) is 0 Å². The molecule has 1 atom stereocenters. The van der Waals surface area contributed by atoms with Crippen molar-refractivity contribution in [2.24, 2.45) is 0 Å². The second kappa shape index (κ2) is 5.00. The Morgan fingerprint density at radius 1 is 1.44 bits per heavy atom. The highest BCUT2D eigenvalue weighted by atomic mass is 16.3. The number of phenols is 1. The summed E-state index contributed by atoms with van der Waals surface area (Å²) < 4.78 is 0. The normalized spacial score (nSPS) is 21.6. The molecule has 0 saturated carbocycles. The number of hydrogen-bond donors (Lipinski definition) is 1. The van der Waals surface area contributed by atoms with Gasteiger partial charge in [-0.15, -0.1) is 0 Å². The number of nitrogens with zero attached hydrogens (tertiary/aromatic N) is 2. The Labute approximate surface area is 95.9 Å². The number of rotatable bonds is 2. The highest BCUT2D eigenvalue weighted by molar-refractivity contribution is 5.27. The summed E-state index contributed by atoms with van der Waals surface area (Å²) in [7, 11) is 0. The Hall–Kier alpha value is -1.53. The number of aromatic hydroxyl groups is 1. The van der Waals surface area contributed by atoms with E-state index in [9.17, 15) is 5.11 Å². The van der Waals surface area contributed by atoms with Crippen molar-refractivity contribution in [2.45, 2.75) is 31.8 Å². The molecule has 0 amide bonds. The molecular weight excluding hydrogens is 200 g/mol. The number of benzene rings is 1. The zero-order chi connectivity index (χ0) is 11.4. The fraction of sp³-hybridized carbons (Fsp3) is 0.462. The van der Waals surface area contributed by atoms with Crippen molar-refractivity contribution in [3.63, 3.8) is 0 Å².